The third kappa shape index (κ3) is 2.54. The summed E-state index contributed by atoms with van der Waals surface area (Å²) in [5, 5.41) is 1.65. The fraction of sp³-hybridized carbons (Fsp3) is 0.438. The van der Waals surface area contributed by atoms with E-state index in [-0.39, 0.29) is 4.90 Å². The van der Waals surface area contributed by atoms with Crippen molar-refractivity contribution in [1.29, 1.82) is 0 Å². The lowest BCUT2D eigenvalue weighted by molar-refractivity contribution is 0.125. The van der Waals surface area contributed by atoms with Gasteiger partial charge in [0.2, 0.25) is 10.0 Å². The maximum absolute atomic E-state index is 13.1. The lowest BCUT2D eigenvalue weighted by atomic mass is 10.1. The first-order valence-corrected chi connectivity index (χ1v) is 9.66. The van der Waals surface area contributed by atoms with E-state index < -0.39 is 10.0 Å². The van der Waals surface area contributed by atoms with Crippen LogP contribution in [-0.4, -0.2) is 54.8 Å². The molecule has 0 radical (unpaired) electrons. The first-order chi connectivity index (χ1) is 11.1. The van der Waals surface area contributed by atoms with E-state index in [9.17, 15) is 8.42 Å². The molecular weight excluding hydrogens is 334 g/mol. The van der Waals surface area contributed by atoms with Gasteiger partial charge in [0.15, 0.2) is 0 Å². The highest BCUT2D eigenvalue weighted by Crippen LogP contribution is 2.31. The molecule has 1 unspecified atom stereocenters. The number of hydrogen-bond donors (Lipinski definition) is 0. The summed E-state index contributed by atoms with van der Waals surface area (Å²) in [6.07, 6.45) is 3.50. The summed E-state index contributed by atoms with van der Waals surface area (Å²) in [5.74, 6) is 0. The zero-order chi connectivity index (χ0) is 16.0. The third-order valence-corrected chi connectivity index (χ3v) is 7.05. The van der Waals surface area contributed by atoms with E-state index in [1.165, 1.54) is 12.6 Å². The van der Waals surface area contributed by atoms with Gasteiger partial charge >= 0.3 is 0 Å². The van der Waals surface area contributed by atoms with Crippen LogP contribution in [0.25, 0.3) is 10.8 Å². The molecule has 2 aliphatic rings. The topological polar surface area (TPSA) is 53.5 Å². The maximum Gasteiger partial charge on any atom is 0.245 e. The smallest absolute Gasteiger partial charge is 0.245 e. The molecule has 1 atom stereocenters. The van der Waals surface area contributed by atoms with E-state index in [0.29, 0.717) is 35.1 Å². The number of hydrogen-bond acceptors (Lipinski definition) is 4. The lowest BCUT2D eigenvalue weighted by Gasteiger charge is -2.36. The van der Waals surface area contributed by atoms with E-state index >= 15 is 0 Å². The Morgan fingerprint density at radius 3 is 2.57 bits per heavy atom. The molecule has 2 fully saturated rings. The monoisotopic (exact) mass is 351 g/mol. The van der Waals surface area contributed by atoms with Gasteiger partial charge in [0.25, 0.3) is 0 Å². The van der Waals surface area contributed by atoms with Gasteiger partial charge in [0, 0.05) is 36.1 Å². The summed E-state index contributed by atoms with van der Waals surface area (Å²) < 4.78 is 27.7. The van der Waals surface area contributed by atoms with Crippen molar-refractivity contribution in [1.82, 2.24) is 14.2 Å². The van der Waals surface area contributed by atoms with Gasteiger partial charge in [-0.2, -0.15) is 4.31 Å². The van der Waals surface area contributed by atoms with Crippen LogP contribution in [0.1, 0.15) is 12.8 Å². The SMILES string of the molecule is O=S(=O)(c1cnc(Cl)c2ccccc12)N1CCC(N2CCC2)C1. The normalized spacial score (nSPS) is 23.3. The molecule has 23 heavy (non-hydrogen) atoms. The Kier molecular flexibility index (Phi) is 3.80. The highest BCUT2D eigenvalue weighted by molar-refractivity contribution is 7.89. The second kappa shape index (κ2) is 5.70. The van der Waals surface area contributed by atoms with E-state index in [0.717, 1.165) is 19.5 Å². The average Bonchev–Trinajstić information content (AvgIpc) is 2.96. The fourth-order valence-electron chi connectivity index (χ4n) is 3.41. The highest BCUT2D eigenvalue weighted by atomic mass is 35.5. The molecule has 0 aliphatic carbocycles. The van der Waals surface area contributed by atoms with Gasteiger partial charge in [0.05, 0.1) is 0 Å². The zero-order valence-corrected chi connectivity index (χ0v) is 14.2. The van der Waals surface area contributed by atoms with Crippen molar-refractivity contribution in [2.24, 2.45) is 0 Å². The predicted octanol–water partition coefficient (Wildman–Crippen LogP) is 2.36. The molecule has 0 saturated carbocycles. The second-order valence-corrected chi connectivity index (χ2v) is 8.42. The summed E-state index contributed by atoms with van der Waals surface area (Å²) in [7, 11) is -3.55. The number of benzene rings is 1. The van der Waals surface area contributed by atoms with Crippen LogP contribution in [0.15, 0.2) is 35.4 Å². The van der Waals surface area contributed by atoms with Crippen LogP contribution in [-0.2, 0) is 10.0 Å². The molecule has 2 saturated heterocycles. The summed E-state index contributed by atoms with van der Waals surface area (Å²) >= 11 is 6.10. The van der Waals surface area contributed by atoms with E-state index in [4.69, 9.17) is 11.6 Å². The van der Waals surface area contributed by atoms with E-state index in [2.05, 4.69) is 9.88 Å². The van der Waals surface area contributed by atoms with E-state index in [1.54, 1.807) is 16.4 Å². The quantitative estimate of drug-likeness (QED) is 0.797. The van der Waals surface area contributed by atoms with Crippen LogP contribution in [0.4, 0.5) is 0 Å². The third-order valence-electron chi connectivity index (χ3n) is 4.86. The van der Waals surface area contributed by atoms with Gasteiger partial charge in [-0.3, -0.25) is 4.90 Å². The van der Waals surface area contributed by atoms with Crippen LogP contribution in [0.2, 0.25) is 5.15 Å². The number of nitrogens with zero attached hydrogens (tertiary/aromatic N) is 3. The van der Waals surface area contributed by atoms with Crippen LogP contribution in [0, 0.1) is 0 Å². The molecular formula is C16H18ClN3O2S. The summed E-state index contributed by atoms with van der Waals surface area (Å²) in [4.78, 5) is 6.70. The molecule has 7 heteroatoms. The number of likely N-dealkylation sites (tertiary alicyclic amines) is 1. The van der Waals surface area contributed by atoms with Crippen molar-refractivity contribution < 1.29 is 8.42 Å². The number of rotatable bonds is 3. The number of sulfonamides is 1. The van der Waals surface area contributed by atoms with Crippen LogP contribution in [0.5, 0.6) is 0 Å². The van der Waals surface area contributed by atoms with E-state index in [1.807, 2.05) is 12.1 Å². The molecule has 0 spiro atoms. The molecule has 5 nitrogen and oxygen atoms in total. The number of halogens is 1. The largest absolute Gasteiger partial charge is 0.299 e. The van der Waals surface area contributed by atoms with Gasteiger partial charge in [-0.15, -0.1) is 0 Å². The van der Waals surface area contributed by atoms with Crippen molar-refractivity contribution in [3.8, 4) is 0 Å². The Morgan fingerprint density at radius 1 is 1.13 bits per heavy atom. The molecule has 122 valence electrons. The molecule has 2 aromatic rings. The molecule has 0 bridgehead atoms. The van der Waals surface area contributed by atoms with Crippen molar-refractivity contribution >= 4 is 32.4 Å². The highest BCUT2D eigenvalue weighted by Gasteiger charge is 2.37. The summed E-state index contributed by atoms with van der Waals surface area (Å²) in [6, 6.07) is 7.60. The Hall–Kier alpha value is -1.21. The predicted molar refractivity (Wildman–Crippen MR) is 90.1 cm³/mol. The summed E-state index contributed by atoms with van der Waals surface area (Å²) in [5.41, 5.74) is 0. The molecule has 2 aliphatic heterocycles. The Labute approximate surface area is 140 Å². The number of aromatic nitrogens is 1. The van der Waals surface area contributed by atoms with Gasteiger partial charge in [-0.1, -0.05) is 35.9 Å². The molecule has 3 heterocycles. The molecule has 4 rings (SSSR count). The Balaban J connectivity index is 1.71. The van der Waals surface area contributed by atoms with Gasteiger partial charge in [-0.05, 0) is 25.9 Å². The number of fused-ring (bicyclic) bond motifs is 1. The van der Waals surface area contributed by atoms with Gasteiger partial charge < -0.3 is 0 Å². The Bertz CT molecular complexity index is 852. The molecule has 1 aromatic carbocycles. The minimum absolute atomic E-state index is 0.252. The number of pyridine rings is 1. The average molecular weight is 352 g/mol. The fourth-order valence-corrected chi connectivity index (χ4v) is 5.26. The van der Waals surface area contributed by atoms with Crippen molar-refractivity contribution in [3.05, 3.63) is 35.6 Å². The van der Waals surface area contributed by atoms with Gasteiger partial charge in [-0.25, -0.2) is 13.4 Å². The lowest BCUT2D eigenvalue weighted by Crippen LogP contribution is -2.46. The van der Waals surface area contributed by atoms with Crippen LogP contribution in [0.3, 0.4) is 0 Å². The zero-order valence-electron chi connectivity index (χ0n) is 12.7. The van der Waals surface area contributed by atoms with Gasteiger partial charge in [0.1, 0.15) is 10.0 Å². The molecule has 0 amide bonds. The minimum atomic E-state index is -3.55. The first kappa shape index (κ1) is 15.3. The maximum atomic E-state index is 13.1. The van der Waals surface area contributed by atoms with Crippen LogP contribution >= 0.6 is 11.6 Å². The molecule has 1 aromatic heterocycles. The van der Waals surface area contributed by atoms with Crippen LogP contribution < -0.4 is 0 Å². The van der Waals surface area contributed by atoms with Crippen molar-refractivity contribution in [2.75, 3.05) is 26.2 Å². The van der Waals surface area contributed by atoms with Crippen molar-refractivity contribution in [2.45, 2.75) is 23.8 Å². The molecule has 0 N–H and O–H groups in total. The Morgan fingerprint density at radius 2 is 1.87 bits per heavy atom. The second-order valence-electron chi connectivity index (χ2n) is 6.15. The van der Waals surface area contributed by atoms with Crippen molar-refractivity contribution in [3.63, 3.8) is 0 Å². The first-order valence-electron chi connectivity index (χ1n) is 7.85. The standard InChI is InChI=1S/C16H18ClN3O2S/c17-16-14-5-2-1-4-13(14)15(10-18-16)23(21,22)20-9-6-12(11-20)19-7-3-8-19/h1-2,4-5,10,12H,3,6-9,11H2. The summed E-state index contributed by atoms with van der Waals surface area (Å²) in [6.45, 7) is 3.31. The minimum Gasteiger partial charge on any atom is -0.299 e.